The van der Waals surface area contributed by atoms with Crippen LogP contribution in [0.1, 0.15) is 20.3 Å². The highest BCUT2D eigenvalue weighted by Crippen LogP contribution is 2.32. The predicted molar refractivity (Wildman–Crippen MR) is 112 cm³/mol. The summed E-state index contributed by atoms with van der Waals surface area (Å²) >= 11 is 0. The Morgan fingerprint density at radius 2 is 1.52 bits per heavy atom. The van der Waals surface area contributed by atoms with Gasteiger partial charge < -0.3 is 25.0 Å². The maximum absolute atomic E-state index is 12.3. The molecule has 0 aromatic heterocycles. The van der Waals surface area contributed by atoms with Gasteiger partial charge in [-0.1, -0.05) is 0 Å². The van der Waals surface area contributed by atoms with Crippen LogP contribution in [0.5, 0.6) is 11.5 Å². The first-order valence-electron chi connectivity index (χ1n) is 9.01. The molecule has 0 fully saturated rings. The van der Waals surface area contributed by atoms with Crippen LogP contribution in [-0.2, 0) is 14.4 Å². The van der Waals surface area contributed by atoms with Crippen molar-refractivity contribution >= 4 is 34.8 Å². The van der Waals surface area contributed by atoms with Crippen molar-refractivity contribution in [2.45, 2.75) is 20.3 Å². The highest BCUT2D eigenvalue weighted by Gasteiger charge is 2.18. The van der Waals surface area contributed by atoms with Crippen LogP contribution < -0.4 is 25.0 Å². The molecule has 0 saturated carbocycles. The molecule has 0 bridgehead atoms. The summed E-state index contributed by atoms with van der Waals surface area (Å²) in [6.07, 6.45) is 0.0994. The Labute approximate surface area is 169 Å². The lowest BCUT2D eigenvalue weighted by Gasteiger charge is -2.23. The smallest absolute Gasteiger partial charge is 0.226 e. The molecule has 29 heavy (non-hydrogen) atoms. The van der Waals surface area contributed by atoms with E-state index in [2.05, 4.69) is 10.6 Å². The highest BCUT2D eigenvalue weighted by molar-refractivity contribution is 5.96. The SMILES string of the molecule is COc1ccc(N(CCC(=O)Nc2ccc(NC(C)=O)cc2)C(C)=O)c(OC)c1. The molecule has 2 aromatic carbocycles. The summed E-state index contributed by atoms with van der Waals surface area (Å²) in [6, 6.07) is 11.9. The van der Waals surface area contributed by atoms with Crippen LogP contribution >= 0.6 is 0 Å². The lowest BCUT2D eigenvalue weighted by atomic mass is 10.2. The second-order valence-electron chi connectivity index (χ2n) is 6.27. The van der Waals surface area contributed by atoms with E-state index in [-0.39, 0.29) is 30.7 Å². The van der Waals surface area contributed by atoms with Gasteiger partial charge >= 0.3 is 0 Å². The number of hydrogen-bond donors (Lipinski definition) is 2. The molecule has 0 heterocycles. The minimum atomic E-state index is -0.240. The molecule has 8 nitrogen and oxygen atoms in total. The Bertz CT molecular complexity index is 880. The zero-order valence-electron chi connectivity index (χ0n) is 16.9. The molecule has 0 radical (unpaired) electrons. The number of rotatable bonds is 8. The number of carbonyl (C=O) groups excluding carboxylic acids is 3. The Morgan fingerprint density at radius 3 is 2.03 bits per heavy atom. The fourth-order valence-electron chi connectivity index (χ4n) is 2.73. The number of carbonyl (C=O) groups is 3. The Morgan fingerprint density at radius 1 is 0.897 bits per heavy atom. The predicted octanol–water partition coefficient (Wildman–Crippen LogP) is 3.04. The second kappa shape index (κ2) is 10.1. The van der Waals surface area contributed by atoms with Gasteiger partial charge in [0.2, 0.25) is 17.7 Å². The third kappa shape index (κ3) is 6.24. The van der Waals surface area contributed by atoms with Gasteiger partial charge in [-0.3, -0.25) is 14.4 Å². The topological polar surface area (TPSA) is 97.0 Å². The lowest BCUT2D eigenvalue weighted by molar-refractivity contribution is -0.117. The van der Waals surface area contributed by atoms with Crippen LogP contribution in [-0.4, -0.2) is 38.5 Å². The number of hydrogen-bond acceptors (Lipinski definition) is 5. The average Bonchev–Trinajstić information content (AvgIpc) is 2.69. The molecule has 8 heteroatoms. The number of amides is 3. The quantitative estimate of drug-likeness (QED) is 0.711. The van der Waals surface area contributed by atoms with Crippen molar-refractivity contribution in [3.05, 3.63) is 42.5 Å². The van der Waals surface area contributed by atoms with E-state index >= 15 is 0 Å². The van der Waals surface area contributed by atoms with Gasteiger partial charge in [0, 0.05) is 44.3 Å². The monoisotopic (exact) mass is 399 g/mol. The van der Waals surface area contributed by atoms with E-state index in [4.69, 9.17) is 9.47 Å². The van der Waals surface area contributed by atoms with Gasteiger partial charge in [0.25, 0.3) is 0 Å². The summed E-state index contributed by atoms with van der Waals surface area (Å²) in [7, 11) is 3.05. The number of nitrogens with zero attached hydrogens (tertiary/aromatic N) is 1. The van der Waals surface area contributed by atoms with E-state index in [9.17, 15) is 14.4 Å². The molecule has 0 aliphatic carbocycles. The van der Waals surface area contributed by atoms with E-state index < -0.39 is 0 Å². The average molecular weight is 399 g/mol. The molecule has 0 unspecified atom stereocenters. The van der Waals surface area contributed by atoms with Crippen LogP contribution in [0.3, 0.4) is 0 Å². The number of anilines is 3. The van der Waals surface area contributed by atoms with E-state index in [0.717, 1.165) is 0 Å². The largest absolute Gasteiger partial charge is 0.497 e. The number of methoxy groups -OCH3 is 2. The van der Waals surface area contributed by atoms with Crippen molar-refractivity contribution < 1.29 is 23.9 Å². The van der Waals surface area contributed by atoms with Gasteiger partial charge in [0.05, 0.1) is 19.9 Å². The Kier molecular flexibility index (Phi) is 7.59. The first-order valence-corrected chi connectivity index (χ1v) is 9.01. The zero-order chi connectivity index (χ0) is 21.4. The molecular formula is C21H25N3O5. The van der Waals surface area contributed by atoms with Gasteiger partial charge in [-0.15, -0.1) is 0 Å². The van der Waals surface area contributed by atoms with Crippen LogP contribution in [0.2, 0.25) is 0 Å². The van der Waals surface area contributed by atoms with Crippen LogP contribution in [0.25, 0.3) is 0 Å². The van der Waals surface area contributed by atoms with Crippen molar-refractivity contribution in [2.75, 3.05) is 36.3 Å². The Balaban J connectivity index is 2.02. The fraction of sp³-hybridized carbons (Fsp3) is 0.286. The maximum Gasteiger partial charge on any atom is 0.226 e. The summed E-state index contributed by atoms with van der Waals surface area (Å²) in [5.41, 5.74) is 1.80. The maximum atomic E-state index is 12.3. The molecule has 2 N–H and O–H groups in total. The lowest BCUT2D eigenvalue weighted by Crippen LogP contribution is -2.32. The fourth-order valence-corrected chi connectivity index (χ4v) is 2.73. The number of nitrogens with one attached hydrogen (secondary N) is 2. The molecule has 0 aliphatic heterocycles. The van der Waals surface area contributed by atoms with Crippen molar-refractivity contribution in [2.24, 2.45) is 0 Å². The third-order valence-electron chi connectivity index (χ3n) is 4.11. The summed E-state index contributed by atoms with van der Waals surface area (Å²) in [5.74, 6) is 0.472. The summed E-state index contributed by atoms with van der Waals surface area (Å²) in [4.78, 5) is 37.0. The standard InChI is InChI=1S/C21H25N3O5/c1-14(25)22-16-5-7-17(8-6-16)23-21(27)11-12-24(15(2)26)19-10-9-18(28-3)13-20(19)29-4/h5-10,13H,11-12H2,1-4H3,(H,22,25)(H,23,27). The molecule has 0 atom stereocenters. The minimum absolute atomic E-state index is 0.0994. The molecule has 0 aliphatic rings. The summed E-state index contributed by atoms with van der Waals surface area (Å²) in [5, 5.41) is 5.43. The third-order valence-corrected chi connectivity index (χ3v) is 4.11. The normalized spacial score (nSPS) is 10.1. The molecule has 0 spiro atoms. The van der Waals surface area contributed by atoms with Crippen molar-refractivity contribution in [1.82, 2.24) is 0 Å². The van der Waals surface area contributed by atoms with Crippen LogP contribution in [0, 0.1) is 0 Å². The van der Waals surface area contributed by atoms with Gasteiger partial charge in [0.1, 0.15) is 11.5 Å². The van der Waals surface area contributed by atoms with E-state index in [1.807, 2.05) is 0 Å². The molecule has 3 amide bonds. The van der Waals surface area contributed by atoms with Crippen molar-refractivity contribution in [3.8, 4) is 11.5 Å². The van der Waals surface area contributed by atoms with Gasteiger partial charge in [-0.2, -0.15) is 0 Å². The second-order valence-corrected chi connectivity index (χ2v) is 6.27. The Hall–Kier alpha value is -3.55. The summed E-state index contributed by atoms with van der Waals surface area (Å²) in [6.45, 7) is 3.05. The van der Waals surface area contributed by atoms with Gasteiger partial charge in [-0.05, 0) is 36.4 Å². The van der Waals surface area contributed by atoms with E-state index in [1.54, 1.807) is 49.6 Å². The molecule has 154 valence electrons. The van der Waals surface area contributed by atoms with Crippen LogP contribution in [0.15, 0.2) is 42.5 Å². The first kappa shape index (κ1) is 21.7. The molecule has 2 rings (SSSR count). The van der Waals surface area contributed by atoms with Crippen LogP contribution in [0.4, 0.5) is 17.1 Å². The number of ether oxygens (including phenoxy) is 2. The van der Waals surface area contributed by atoms with Crippen molar-refractivity contribution in [3.63, 3.8) is 0 Å². The zero-order valence-corrected chi connectivity index (χ0v) is 16.9. The minimum Gasteiger partial charge on any atom is -0.497 e. The molecular weight excluding hydrogens is 374 g/mol. The molecule has 0 saturated heterocycles. The van der Waals surface area contributed by atoms with Crippen molar-refractivity contribution in [1.29, 1.82) is 0 Å². The molecule has 2 aromatic rings. The first-order chi connectivity index (χ1) is 13.8. The van der Waals surface area contributed by atoms with Gasteiger partial charge in [0.15, 0.2) is 0 Å². The number of benzene rings is 2. The summed E-state index contributed by atoms with van der Waals surface area (Å²) < 4.78 is 10.5. The highest BCUT2D eigenvalue weighted by atomic mass is 16.5. The van der Waals surface area contributed by atoms with E-state index in [0.29, 0.717) is 28.6 Å². The van der Waals surface area contributed by atoms with E-state index in [1.165, 1.54) is 25.9 Å². The van der Waals surface area contributed by atoms with Gasteiger partial charge in [-0.25, -0.2) is 0 Å².